The summed E-state index contributed by atoms with van der Waals surface area (Å²) >= 11 is 0. The van der Waals surface area contributed by atoms with Crippen LogP contribution < -0.4 is 0 Å². The Bertz CT molecular complexity index is 991. The molecule has 1 aliphatic heterocycles. The summed E-state index contributed by atoms with van der Waals surface area (Å²) in [5, 5.41) is 0. The fraction of sp³-hybridized carbons (Fsp3) is 0.464. The zero-order valence-corrected chi connectivity index (χ0v) is 19.5. The minimum Gasteiger partial charge on any atom is -0.464 e. The molecule has 2 bridgehead atoms. The average molecular weight is 446 g/mol. The molecule has 5 heteroatoms. The highest BCUT2D eigenvalue weighted by Gasteiger charge is 2.63. The first-order chi connectivity index (χ1) is 16.0. The van der Waals surface area contributed by atoms with Crippen molar-refractivity contribution in [3.63, 3.8) is 0 Å². The van der Waals surface area contributed by atoms with Crippen LogP contribution in [0, 0.1) is 17.8 Å². The van der Waals surface area contributed by atoms with Crippen LogP contribution in [0.3, 0.4) is 0 Å². The summed E-state index contributed by atoms with van der Waals surface area (Å²) in [6, 6.07) is 15.5. The first-order valence-electron chi connectivity index (χ1n) is 12.2. The molecule has 6 rings (SSSR count). The third kappa shape index (κ3) is 3.32. The number of hydrogen-bond acceptors (Lipinski definition) is 4. The van der Waals surface area contributed by atoms with Gasteiger partial charge in [0.1, 0.15) is 6.04 Å². The van der Waals surface area contributed by atoms with Crippen LogP contribution >= 0.6 is 0 Å². The Hall–Kier alpha value is -2.95. The first kappa shape index (κ1) is 21.9. The largest absolute Gasteiger partial charge is 0.464 e. The van der Waals surface area contributed by atoms with Gasteiger partial charge in [0, 0.05) is 11.8 Å². The predicted octanol–water partition coefficient (Wildman–Crippen LogP) is 4.64. The van der Waals surface area contributed by atoms with E-state index in [2.05, 4.69) is 24.3 Å². The second kappa shape index (κ2) is 8.44. The number of benzene rings is 2. The van der Waals surface area contributed by atoms with Crippen molar-refractivity contribution in [3.05, 3.63) is 70.8 Å². The Labute approximate surface area is 195 Å². The van der Waals surface area contributed by atoms with Gasteiger partial charge in [-0.25, -0.2) is 4.79 Å². The Morgan fingerprint density at radius 1 is 0.879 bits per heavy atom. The van der Waals surface area contributed by atoms with Crippen LogP contribution in [0.5, 0.6) is 0 Å². The van der Waals surface area contributed by atoms with E-state index < -0.39 is 23.8 Å². The SMILES string of the molecule is CCCC[C@H](C(=O)OCC(C)C)N1C(=O)[C@@H]2C3c4ccccc4C(c4ccccc43)[C@@H]2C1=O. The fourth-order valence-corrected chi connectivity index (χ4v) is 6.10. The lowest BCUT2D eigenvalue weighted by Crippen LogP contribution is -2.46. The number of unbranched alkanes of at least 4 members (excludes halogenated alkanes) is 1. The van der Waals surface area contributed by atoms with Gasteiger partial charge < -0.3 is 4.74 Å². The maximum Gasteiger partial charge on any atom is 0.329 e. The van der Waals surface area contributed by atoms with E-state index in [0.29, 0.717) is 6.42 Å². The van der Waals surface area contributed by atoms with Crippen molar-refractivity contribution >= 4 is 17.8 Å². The summed E-state index contributed by atoms with van der Waals surface area (Å²) in [6.07, 6.45) is 2.07. The van der Waals surface area contributed by atoms with Crippen molar-refractivity contribution in [3.8, 4) is 0 Å². The highest BCUT2D eigenvalue weighted by Crippen LogP contribution is 2.61. The molecular weight excluding hydrogens is 414 g/mol. The molecule has 0 radical (unpaired) electrons. The Balaban J connectivity index is 1.56. The van der Waals surface area contributed by atoms with Gasteiger partial charge in [0.25, 0.3) is 0 Å². The van der Waals surface area contributed by atoms with Gasteiger partial charge in [-0.1, -0.05) is 82.1 Å². The minimum atomic E-state index is -0.847. The quantitative estimate of drug-likeness (QED) is 0.460. The number of carbonyl (C=O) groups is 3. The van der Waals surface area contributed by atoms with E-state index in [1.54, 1.807) is 0 Å². The lowest BCUT2D eigenvalue weighted by Gasteiger charge is -2.45. The number of carbonyl (C=O) groups excluding carboxylic acids is 3. The van der Waals surface area contributed by atoms with Crippen LogP contribution in [0.15, 0.2) is 48.5 Å². The van der Waals surface area contributed by atoms with E-state index in [4.69, 9.17) is 4.74 Å². The molecule has 0 saturated carbocycles. The van der Waals surface area contributed by atoms with Crippen molar-refractivity contribution in [1.82, 2.24) is 4.90 Å². The Morgan fingerprint density at radius 3 is 1.73 bits per heavy atom. The van der Waals surface area contributed by atoms with E-state index in [9.17, 15) is 14.4 Å². The number of hydrogen-bond donors (Lipinski definition) is 0. The number of esters is 1. The van der Waals surface area contributed by atoms with Gasteiger partial charge in [-0.15, -0.1) is 0 Å². The van der Waals surface area contributed by atoms with E-state index in [0.717, 1.165) is 35.1 Å². The molecule has 3 atom stereocenters. The van der Waals surface area contributed by atoms with E-state index in [-0.39, 0.29) is 36.2 Å². The van der Waals surface area contributed by atoms with Crippen LogP contribution in [-0.2, 0) is 19.1 Å². The van der Waals surface area contributed by atoms with Crippen molar-refractivity contribution in [2.24, 2.45) is 17.8 Å². The number of rotatable bonds is 7. The van der Waals surface area contributed by atoms with E-state index in [1.807, 2.05) is 45.0 Å². The molecule has 0 N–H and O–H groups in total. The van der Waals surface area contributed by atoms with Gasteiger partial charge in [-0.05, 0) is 34.6 Å². The number of amides is 2. The van der Waals surface area contributed by atoms with Gasteiger partial charge >= 0.3 is 5.97 Å². The van der Waals surface area contributed by atoms with Crippen molar-refractivity contribution in [1.29, 1.82) is 0 Å². The molecule has 1 saturated heterocycles. The molecule has 5 nitrogen and oxygen atoms in total. The summed E-state index contributed by atoms with van der Waals surface area (Å²) < 4.78 is 5.53. The minimum absolute atomic E-state index is 0.160. The average Bonchev–Trinajstić information content (AvgIpc) is 3.09. The monoisotopic (exact) mass is 445 g/mol. The summed E-state index contributed by atoms with van der Waals surface area (Å²) in [4.78, 5) is 42.2. The third-order valence-corrected chi connectivity index (χ3v) is 7.46. The molecule has 0 spiro atoms. The van der Waals surface area contributed by atoms with Crippen LogP contribution in [0.4, 0.5) is 0 Å². The molecule has 2 amide bonds. The van der Waals surface area contributed by atoms with Gasteiger partial charge in [0.05, 0.1) is 18.4 Å². The second-order valence-electron chi connectivity index (χ2n) is 9.99. The maximum absolute atomic E-state index is 13.9. The maximum atomic E-state index is 13.9. The van der Waals surface area contributed by atoms with Gasteiger partial charge in [0.2, 0.25) is 11.8 Å². The van der Waals surface area contributed by atoms with Crippen LogP contribution in [0.1, 0.15) is 74.1 Å². The smallest absolute Gasteiger partial charge is 0.329 e. The summed E-state index contributed by atoms with van der Waals surface area (Å²) in [5.41, 5.74) is 4.55. The molecule has 1 heterocycles. The molecule has 172 valence electrons. The number of imide groups is 1. The highest BCUT2D eigenvalue weighted by atomic mass is 16.5. The third-order valence-electron chi connectivity index (χ3n) is 7.46. The number of ether oxygens (including phenoxy) is 1. The van der Waals surface area contributed by atoms with Crippen LogP contribution in [-0.4, -0.2) is 35.3 Å². The summed E-state index contributed by atoms with van der Waals surface area (Å²) in [5.74, 6) is -1.95. The lowest BCUT2D eigenvalue weighted by atomic mass is 9.55. The normalized spacial score (nSPS) is 25.6. The zero-order chi connectivity index (χ0) is 23.3. The number of likely N-dealkylation sites (tertiary alicyclic amines) is 1. The summed E-state index contributed by atoms with van der Waals surface area (Å²) in [6.45, 7) is 6.27. The molecule has 3 aliphatic carbocycles. The zero-order valence-electron chi connectivity index (χ0n) is 19.5. The number of nitrogens with zero attached hydrogens (tertiary/aromatic N) is 1. The van der Waals surface area contributed by atoms with Crippen molar-refractivity contribution < 1.29 is 19.1 Å². The lowest BCUT2D eigenvalue weighted by molar-refractivity contribution is -0.160. The van der Waals surface area contributed by atoms with E-state index in [1.165, 1.54) is 4.90 Å². The molecular formula is C28H31NO4. The topological polar surface area (TPSA) is 63.7 Å². The molecule has 0 unspecified atom stereocenters. The van der Waals surface area contributed by atoms with Gasteiger partial charge in [-0.3, -0.25) is 14.5 Å². The Kier molecular flexibility index (Phi) is 5.59. The summed E-state index contributed by atoms with van der Waals surface area (Å²) in [7, 11) is 0. The molecule has 2 aromatic rings. The Morgan fingerprint density at radius 2 is 1.33 bits per heavy atom. The van der Waals surface area contributed by atoms with Crippen LogP contribution in [0.25, 0.3) is 0 Å². The standard InChI is InChI=1S/C28H31NO4/c1-4-5-14-21(28(32)33-15-16(2)3)29-26(30)24-22-17-10-6-7-11-18(17)23(25(24)27(29)31)20-13-9-8-12-19(20)22/h6-13,16,21-25H,4-5,14-15H2,1-3H3/t21-,22?,23?,24-,25+/m1/s1. The molecule has 1 fully saturated rings. The molecule has 0 aromatic heterocycles. The first-order valence-corrected chi connectivity index (χ1v) is 12.2. The van der Waals surface area contributed by atoms with E-state index >= 15 is 0 Å². The van der Waals surface area contributed by atoms with Gasteiger partial charge in [0.15, 0.2) is 0 Å². The van der Waals surface area contributed by atoms with Crippen molar-refractivity contribution in [2.75, 3.05) is 6.61 Å². The molecule has 4 aliphatic rings. The second-order valence-corrected chi connectivity index (χ2v) is 9.99. The van der Waals surface area contributed by atoms with Gasteiger partial charge in [-0.2, -0.15) is 0 Å². The predicted molar refractivity (Wildman–Crippen MR) is 125 cm³/mol. The highest BCUT2D eigenvalue weighted by molar-refractivity contribution is 6.10. The molecule has 33 heavy (non-hydrogen) atoms. The fourth-order valence-electron chi connectivity index (χ4n) is 6.10. The van der Waals surface area contributed by atoms with Crippen LogP contribution in [0.2, 0.25) is 0 Å². The molecule has 2 aromatic carbocycles. The van der Waals surface area contributed by atoms with Crippen molar-refractivity contribution in [2.45, 2.75) is 57.9 Å².